The van der Waals surface area contributed by atoms with E-state index >= 15 is 0 Å². The van der Waals surface area contributed by atoms with Gasteiger partial charge in [0.2, 0.25) is 0 Å². The SMILES string of the molecule is C=C(Cl)CN(CCC)C1CCCNC1. The maximum absolute atomic E-state index is 5.87. The van der Waals surface area contributed by atoms with Gasteiger partial charge in [-0.25, -0.2) is 0 Å². The Kier molecular flexibility index (Phi) is 5.53. The number of nitrogens with zero attached hydrogens (tertiary/aromatic N) is 1. The van der Waals surface area contributed by atoms with Crippen molar-refractivity contribution >= 4 is 11.6 Å². The van der Waals surface area contributed by atoms with E-state index in [1.807, 2.05) is 0 Å². The quantitative estimate of drug-likeness (QED) is 0.758. The maximum Gasteiger partial charge on any atom is 0.0339 e. The number of hydrogen-bond acceptors (Lipinski definition) is 2. The minimum Gasteiger partial charge on any atom is -0.315 e. The van der Waals surface area contributed by atoms with Crippen LogP contribution in [0.25, 0.3) is 0 Å². The first-order chi connectivity index (χ1) is 6.74. The number of hydrogen-bond donors (Lipinski definition) is 1. The van der Waals surface area contributed by atoms with Crippen LogP contribution in [0.4, 0.5) is 0 Å². The fourth-order valence-corrected chi connectivity index (χ4v) is 2.20. The highest BCUT2D eigenvalue weighted by Gasteiger charge is 2.19. The molecule has 0 saturated carbocycles. The molecule has 1 atom stereocenters. The van der Waals surface area contributed by atoms with Crippen LogP contribution in [0.1, 0.15) is 26.2 Å². The number of piperidine rings is 1. The van der Waals surface area contributed by atoms with Gasteiger partial charge in [-0.2, -0.15) is 0 Å². The van der Waals surface area contributed by atoms with Crippen LogP contribution >= 0.6 is 11.6 Å². The average molecular weight is 217 g/mol. The molecule has 1 saturated heterocycles. The van der Waals surface area contributed by atoms with Crippen molar-refractivity contribution in [3.05, 3.63) is 11.6 Å². The van der Waals surface area contributed by atoms with Crippen molar-refractivity contribution < 1.29 is 0 Å². The molecule has 2 nitrogen and oxygen atoms in total. The van der Waals surface area contributed by atoms with Gasteiger partial charge in [0.25, 0.3) is 0 Å². The molecule has 1 rings (SSSR count). The zero-order chi connectivity index (χ0) is 10.4. The van der Waals surface area contributed by atoms with Crippen molar-refractivity contribution in [3.63, 3.8) is 0 Å². The molecule has 1 N–H and O–H groups in total. The molecular weight excluding hydrogens is 196 g/mol. The van der Waals surface area contributed by atoms with E-state index in [0.717, 1.165) is 31.2 Å². The average Bonchev–Trinajstić information content (AvgIpc) is 2.18. The lowest BCUT2D eigenvalue weighted by molar-refractivity contribution is 0.182. The van der Waals surface area contributed by atoms with E-state index in [1.54, 1.807) is 0 Å². The van der Waals surface area contributed by atoms with Gasteiger partial charge in [0.1, 0.15) is 0 Å². The van der Waals surface area contributed by atoms with Gasteiger partial charge >= 0.3 is 0 Å². The highest BCUT2D eigenvalue weighted by molar-refractivity contribution is 6.29. The van der Waals surface area contributed by atoms with E-state index in [4.69, 9.17) is 11.6 Å². The third-order valence-electron chi connectivity index (χ3n) is 2.67. The molecule has 1 unspecified atom stereocenters. The predicted molar refractivity (Wildman–Crippen MR) is 62.7 cm³/mol. The van der Waals surface area contributed by atoms with E-state index in [1.165, 1.54) is 19.3 Å². The van der Waals surface area contributed by atoms with Gasteiger partial charge in [0, 0.05) is 24.2 Å². The molecule has 3 heteroatoms. The van der Waals surface area contributed by atoms with Crippen LogP contribution < -0.4 is 5.32 Å². The minimum absolute atomic E-state index is 0.652. The molecular formula is C11H21ClN2. The van der Waals surface area contributed by atoms with Crippen LogP contribution in [0.5, 0.6) is 0 Å². The number of rotatable bonds is 5. The molecule has 1 heterocycles. The van der Waals surface area contributed by atoms with Crippen LogP contribution in [0.15, 0.2) is 11.6 Å². The Bertz CT molecular complexity index is 176. The summed E-state index contributed by atoms with van der Waals surface area (Å²) < 4.78 is 0. The first kappa shape index (κ1) is 12.0. The summed E-state index contributed by atoms with van der Waals surface area (Å²) in [5.74, 6) is 0. The largest absolute Gasteiger partial charge is 0.315 e. The van der Waals surface area contributed by atoms with Crippen LogP contribution in [0.2, 0.25) is 0 Å². The Hall–Kier alpha value is -0.0500. The van der Waals surface area contributed by atoms with E-state index in [-0.39, 0.29) is 0 Å². The summed E-state index contributed by atoms with van der Waals surface area (Å²) in [6, 6.07) is 0.652. The molecule has 0 radical (unpaired) electrons. The number of nitrogens with one attached hydrogen (secondary N) is 1. The molecule has 1 fully saturated rings. The lowest BCUT2D eigenvalue weighted by Gasteiger charge is -2.34. The molecule has 0 bridgehead atoms. The van der Waals surface area contributed by atoms with Gasteiger partial charge in [-0.05, 0) is 32.4 Å². The molecule has 0 amide bonds. The van der Waals surface area contributed by atoms with Crippen molar-refractivity contribution in [2.45, 2.75) is 32.2 Å². The van der Waals surface area contributed by atoms with E-state index < -0.39 is 0 Å². The Labute approximate surface area is 92.3 Å². The van der Waals surface area contributed by atoms with Crippen molar-refractivity contribution in [3.8, 4) is 0 Å². The van der Waals surface area contributed by atoms with Gasteiger partial charge in [0.05, 0.1) is 0 Å². The summed E-state index contributed by atoms with van der Waals surface area (Å²) in [5, 5.41) is 4.19. The zero-order valence-electron chi connectivity index (χ0n) is 9.06. The maximum atomic E-state index is 5.87. The minimum atomic E-state index is 0.652. The third kappa shape index (κ3) is 3.99. The smallest absolute Gasteiger partial charge is 0.0339 e. The summed E-state index contributed by atoms with van der Waals surface area (Å²) in [5.41, 5.74) is 0. The second kappa shape index (κ2) is 6.44. The van der Waals surface area contributed by atoms with Crippen molar-refractivity contribution in [1.82, 2.24) is 10.2 Å². The molecule has 0 aromatic rings. The van der Waals surface area contributed by atoms with Gasteiger partial charge in [-0.1, -0.05) is 25.1 Å². The lowest BCUT2D eigenvalue weighted by Crippen LogP contribution is -2.46. The van der Waals surface area contributed by atoms with E-state index in [9.17, 15) is 0 Å². The topological polar surface area (TPSA) is 15.3 Å². The van der Waals surface area contributed by atoms with Crippen molar-refractivity contribution in [2.75, 3.05) is 26.2 Å². The predicted octanol–water partition coefficient (Wildman–Crippen LogP) is 2.20. The summed E-state index contributed by atoms with van der Waals surface area (Å²) in [7, 11) is 0. The third-order valence-corrected chi connectivity index (χ3v) is 2.79. The van der Waals surface area contributed by atoms with Gasteiger partial charge in [0.15, 0.2) is 0 Å². The van der Waals surface area contributed by atoms with Crippen LogP contribution in [-0.2, 0) is 0 Å². The van der Waals surface area contributed by atoms with Crippen LogP contribution in [-0.4, -0.2) is 37.1 Å². The summed E-state index contributed by atoms with van der Waals surface area (Å²) >= 11 is 5.87. The zero-order valence-corrected chi connectivity index (χ0v) is 9.82. The highest BCUT2D eigenvalue weighted by Crippen LogP contribution is 2.13. The lowest BCUT2D eigenvalue weighted by atomic mass is 10.1. The summed E-state index contributed by atoms with van der Waals surface area (Å²) in [6.45, 7) is 10.2. The standard InChI is InChI=1S/C11H21ClN2/c1-3-7-14(9-10(2)12)11-5-4-6-13-8-11/h11,13H,2-9H2,1H3. The van der Waals surface area contributed by atoms with E-state index in [2.05, 4.69) is 23.7 Å². The fraction of sp³-hybridized carbons (Fsp3) is 0.818. The first-order valence-corrected chi connectivity index (χ1v) is 5.90. The highest BCUT2D eigenvalue weighted by atomic mass is 35.5. The fourth-order valence-electron chi connectivity index (χ4n) is 2.04. The normalized spacial score (nSPS) is 22.6. The molecule has 0 aromatic heterocycles. The number of halogens is 1. The van der Waals surface area contributed by atoms with E-state index in [0.29, 0.717) is 6.04 Å². The van der Waals surface area contributed by atoms with Crippen LogP contribution in [0, 0.1) is 0 Å². The molecule has 14 heavy (non-hydrogen) atoms. The van der Waals surface area contributed by atoms with Gasteiger partial charge in [-0.3, -0.25) is 4.90 Å². The Balaban J connectivity index is 2.42. The summed E-state index contributed by atoms with van der Waals surface area (Å²) in [4.78, 5) is 2.45. The Morgan fingerprint density at radius 1 is 1.64 bits per heavy atom. The Morgan fingerprint density at radius 2 is 2.43 bits per heavy atom. The molecule has 82 valence electrons. The second-order valence-electron chi connectivity index (χ2n) is 3.99. The molecule has 1 aliphatic rings. The molecule has 1 aliphatic heterocycles. The van der Waals surface area contributed by atoms with Crippen LogP contribution in [0.3, 0.4) is 0 Å². The van der Waals surface area contributed by atoms with Gasteiger partial charge in [-0.15, -0.1) is 0 Å². The van der Waals surface area contributed by atoms with Crippen molar-refractivity contribution in [1.29, 1.82) is 0 Å². The second-order valence-corrected chi connectivity index (χ2v) is 4.52. The monoisotopic (exact) mass is 216 g/mol. The molecule has 0 spiro atoms. The molecule has 0 aliphatic carbocycles. The summed E-state index contributed by atoms with van der Waals surface area (Å²) in [6.07, 6.45) is 3.75. The first-order valence-electron chi connectivity index (χ1n) is 5.52. The molecule has 0 aromatic carbocycles. The Morgan fingerprint density at radius 3 is 2.93 bits per heavy atom. The van der Waals surface area contributed by atoms with Crippen molar-refractivity contribution in [2.24, 2.45) is 0 Å². The van der Waals surface area contributed by atoms with Gasteiger partial charge < -0.3 is 5.32 Å².